The summed E-state index contributed by atoms with van der Waals surface area (Å²) in [6.45, 7) is 10.5. The smallest absolute Gasteiger partial charge is 0.0791 e. The van der Waals surface area contributed by atoms with Gasteiger partial charge in [-0.1, -0.05) is 0 Å². The van der Waals surface area contributed by atoms with Crippen molar-refractivity contribution in [3.63, 3.8) is 0 Å². The number of likely N-dealkylation sites (tertiary alicyclic amines) is 1. The number of rotatable bonds is 10. The van der Waals surface area contributed by atoms with Gasteiger partial charge in [0.2, 0.25) is 0 Å². The molecule has 1 aliphatic heterocycles. The number of β-amino-alcohol motifs (C(OH)–C–C–N with tert-alkyl or cyclic N) is 1. The van der Waals surface area contributed by atoms with Crippen molar-refractivity contribution in [2.24, 2.45) is 0 Å². The largest absolute Gasteiger partial charge is 0.390 e. The van der Waals surface area contributed by atoms with Crippen molar-refractivity contribution in [3.05, 3.63) is 0 Å². The van der Waals surface area contributed by atoms with Crippen LogP contribution in [0, 0.1) is 0 Å². The van der Waals surface area contributed by atoms with Crippen LogP contribution in [0.2, 0.25) is 0 Å². The summed E-state index contributed by atoms with van der Waals surface area (Å²) in [5, 5.41) is 13.3. The second-order valence-corrected chi connectivity index (χ2v) is 6.15. The lowest BCUT2D eigenvalue weighted by atomic mass is 10.2. The highest BCUT2D eigenvalue weighted by atomic mass is 16.3. The van der Waals surface area contributed by atoms with Gasteiger partial charge >= 0.3 is 0 Å². The zero-order valence-electron chi connectivity index (χ0n) is 13.1. The number of aliphatic hydroxyl groups is 1. The molecule has 4 nitrogen and oxygen atoms in total. The van der Waals surface area contributed by atoms with Gasteiger partial charge in [-0.15, -0.1) is 0 Å². The van der Waals surface area contributed by atoms with Crippen molar-refractivity contribution in [1.82, 2.24) is 15.1 Å². The molecule has 0 saturated carbocycles. The van der Waals surface area contributed by atoms with E-state index in [0.717, 1.165) is 26.2 Å². The van der Waals surface area contributed by atoms with Crippen LogP contribution in [0.3, 0.4) is 0 Å². The minimum absolute atomic E-state index is 0.212. The quantitative estimate of drug-likeness (QED) is 0.585. The molecule has 4 heteroatoms. The van der Waals surface area contributed by atoms with Gasteiger partial charge in [-0.05, 0) is 72.8 Å². The van der Waals surface area contributed by atoms with Gasteiger partial charge in [0.1, 0.15) is 0 Å². The maximum Gasteiger partial charge on any atom is 0.0791 e. The summed E-state index contributed by atoms with van der Waals surface area (Å²) in [5.41, 5.74) is 0. The molecule has 0 spiro atoms. The molecule has 19 heavy (non-hydrogen) atoms. The Balaban J connectivity index is 1.89. The first-order chi connectivity index (χ1) is 9.09. The molecule has 1 atom stereocenters. The van der Waals surface area contributed by atoms with E-state index < -0.39 is 0 Å². The van der Waals surface area contributed by atoms with E-state index >= 15 is 0 Å². The molecule has 0 radical (unpaired) electrons. The van der Waals surface area contributed by atoms with Gasteiger partial charge in [0, 0.05) is 19.1 Å². The van der Waals surface area contributed by atoms with Crippen molar-refractivity contribution in [1.29, 1.82) is 0 Å². The van der Waals surface area contributed by atoms with E-state index in [1.807, 2.05) is 0 Å². The van der Waals surface area contributed by atoms with E-state index in [9.17, 15) is 5.11 Å². The minimum atomic E-state index is -0.212. The summed E-state index contributed by atoms with van der Waals surface area (Å²) in [5.74, 6) is 0. The molecule has 1 saturated heterocycles. The Morgan fingerprint density at radius 1 is 1.21 bits per heavy atom. The summed E-state index contributed by atoms with van der Waals surface area (Å²) in [4.78, 5) is 4.74. The number of nitrogens with zero attached hydrogens (tertiary/aromatic N) is 2. The number of nitrogens with one attached hydrogen (secondary N) is 1. The van der Waals surface area contributed by atoms with Gasteiger partial charge in [-0.3, -0.25) is 0 Å². The van der Waals surface area contributed by atoms with E-state index in [2.05, 4.69) is 36.0 Å². The zero-order chi connectivity index (χ0) is 14.1. The first-order valence-corrected chi connectivity index (χ1v) is 7.91. The van der Waals surface area contributed by atoms with Gasteiger partial charge < -0.3 is 20.2 Å². The molecule has 0 aromatic rings. The first-order valence-electron chi connectivity index (χ1n) is 7.91. The lowest BCUT2D eigenvalue weighted by Gasteiger charge is -2.21. The van der Waals surface area contributed by atoms with E-state index in [0.29, 0.717) is 6.04 Å². The number of unbranched alkanes of at least 4 members (excludes halogenated alkanes) is 1. The number of hydrogen-bond acceptors (Lipinski definition) is 4. The van der Waals surface area contributed by atoms with Crippen molar-refractivity contribution in [2.75, 3.05) is 46.3 Å². The molecule has 1 fully saturated rings. The molecule has 1 aliphatic rings. The van der Waals surface area contributed by atoms with Crippen LogP contribution in [0.4, 0.5) is 0 Å². The number of aliphatic hydroxyl groups excluding tert-OH is 1. The fourth-order valence-corrected chi connectivity index (χ4v) is 2.47. The summed E-state index contributed by atoms with van der Waals surface area (Å²) < 4.78 is 0. The summed E-state index contributed by atoms with van der Waals surface area (Å²) in [6, 6.07) is 0.634. The van der Waals surface area contributed by atoms with Crippen LogP contribution in [0.15, 0.2) is 0 Å². The Labute approximate surface area is 119 Å². The van der Waals surface area contributed by atoms with E-state index in [-0.39, 0.29) is 6.10 Å². The average Bonchev–Trinajstić information content (AvgIpc) is 2.85. The molecule has 2 N–H and O–H groups in total. The molecular formula is C15H33N3O. The monoisotopic (exact) mass is 271 g/mol. The van der Waals surface area contributed by atoms with Crippen molar-refractivity contribution in [3.8, 4) is 0 Å². The summed E-state index contributed by atoms with van der Waals surface area (Å²) >= 11 is 0. The van der Waals surface area contributed by atoms with E-state index in [1.165, 1.54) is 38.8 Å². The maximum absolute atomic E-state index is 9.91. The lowest BCUT2D eigenvalue weighted by molar-refractivity contribution is 0.123. The first kappa shape index (κ1) is 16.9. The predicted molar refractivity (Wildman–Crippen MR) is 81.6 cm³/mol. The Hall–Kier alpha value is -0.160. The van der Waals surface area contributed by atoms with Gasteiger partial charge in [0.05, 0.1) is 6.10 Å². The van der Waals surface area contributed by atoms with Crippen LogP contribution in [0.1, 0.15) is 39.5 Å². The molecule has 0 aliphatic carbocycles. The predicted octanol–water partition coefficient (Wildman–Crippen LogP) is 1.15. The normalized spacial score (nSPS) is 18.6. The fraction of sp³-hybridized carbons (Fsp3) is 1.00. The minimum Gasteiger partial charge on any atom is -0.390 e. The Morgan fingerprint density at radius 3 is 2.53 bits per heavy atom. The summed E-state index contributed by atoms with van der Waals surface area (Å²) in [6.07, 6.45) is 4.79. The standard InChI is InChI=1S/C15H33N3O/c1-14(2)17(3)9-5-4-8-16-12-15(19)13-18-10-6-7-11-18/h14-16,19H,4-13H2,1-3H3. The van der Waals surface area contributed by atoms with Gasteiger partial charge in [-0.2, -0.15) is 0 Å². The van der Waals surface area contributed by atoms with Gasteiger partial charge in [-0.25, -0.2) is 0 Å². The van der Waals surface area contributed by atoms with Crippen LogP contribution in [-0.4, -0.2) is 73.4 Å². The van der Waals surface area contributed by atoms with Crippen LogP contribution in [-0.2, 0) is 0 Å². The molecule has 0 aromatic heterocycles. The highest BCUT2D eigenvalue weighted by molar-refractivity contribution is 4.71. The van der Waals surface area contributed by atoms with Crippen molar-refractivity contribution in [2.45, 2.75) is 51.7 Å². The molecule has 0 amide bonds. The number of hydrogen-bond donors (Lipinski definition) is 2. The van der Waals surface area contributed by atoms with Crippen LogP contribution in [0.25, 0.3) is 0 Å². The van der Waals surface area contributed by atoms with Gasteiger partial charge in [0.15, 0.2) is 0 Å². The highest BCUT2D eigenvalue weighted by Gasteiger charge is 2.15. The van der Waals surface area contributed by atoms with Crippen LogP contribution < -0.4 is 5.32 Å². The SMILES string of the molecule is CC(C)N(C)CCCCNCC(O)CN1CCCC1. The average molecular weight is 271 g/mol. The lowest BCUT2D eigenvalue weighted by Crippen LogP contribution is -2.37. The molecule has 0 aromatic carbocycles. The Kier molecular flexibility index (Phi) is 8.62. The molecule has 0 bridgehead atoms. The van der Waals surface area contributed by atoms with E-state index in [4.69, 9.17) is 0 Å². The highest BCUT2D eigenvalue weighted by Crippen LogP contribution is 2.07. The Morgan fingerprint density at radius 2 is 1.89 bits per heavy atom. The third kappa shape index (κ3) is 7.88. The Bertz CT molecular complexity index is 217. The second-order valence-electron chi connectivity index (χ2n) is 6.15. The van der Waals surface area contributed by atoms with E-state index in [1.54, 1.807) is 0 Å². The van der Waals surface area contributed by atoms with Crippen LogP contribution >= 0.6 is 0 Å². The molecule has 1 unspecified atom stereocenters. The topological polar surface area (TPSA) is 38.7 Å². The fourth-order valence-electron chi connectivity index (χ4n) is 2.47. The molecule has 114 valence electrons. The zero-order valence-corrected chi connectivity index (χ0v) is 13.1. The van der Waals surface area contributed by atoms with Crippen LogP contribution in [0.5, 0.6) is 0 Å². The van der Waals surface area contributed by atoms with Gasteiger partial charge in [0.25, 0.3) is 0 Å². The molecule has 1 rings (SSSR count). The molecular weight excluding hydrogens is 238 g/mol. The molecule has 1 heterocycles. The van der Waals surface area contributed by atoms with Crippen molar-refractivity contribution < 1.29 is 5.11 Å². The second kappa shape index (κ2) is 9.70. The third-order valence-electron chi connectivity index (χ3n) is 4.04. The maximum atomic E-state index is 9.91. The van der Waals surface area contributed by atoms with Crippen molar-refractivity contribution >= 4 is 0 Å². The third-order valence-corrected chi connectivity index (χ3v) is 4.04. The summed E-state index contributed by atoms with van der Waals surface area (Å²) in [7, 11) is 2.18.